The first kappa shape index (κ1) is 21.9. The van der Waals surface area contributed by atoms with Crippen LogP contribution in [0, 0.1) is 0 Å². The molecule has 0 bridgehead atoms. The number of aromatic nitrogens is 1. The number of nitrogens with two attached hydrogens (primary N) is 1. The average Bonchev–Trinajstić information content (AvgIpc) is 2.45. The third-order valence-electron chi connectivity index (χ3n) is 3.41. The van der Waals surface area contributed by atoms with Gasteiger partial charge in [-0.25, -0.2) is 4.98 Å². The molecule has 0 spiro atoms. The molecule has 1 amide bonds. The molecule has 2 atom stereocenters. The van der Waals surface area contributed by atoms with Crippen LogP contribution in [-0.4, -0.2) is 42.7 Å². The fraction of sp³-hybridized carbons (Fsp3) is 0.600. The number of hydrogen-bond acceptors (Lipinski definition) is 5. The summed E-state index contributed by atoms with van der Waals surface area (Å²) in [5.74, 6) is 0.923. The van der Waals surface area contributed by atoms with E-state index in [-0.39, 0.29) is 42.9 Å². The quantitative estimate of drug-likeness (QED) is 0.827. The molecule has 8 heteroatoms. The second-order valence-electron chi connectivity index (χ2n) is 5.50. The summed E-state index contributed by atoms with van der Waals surface area (Å²) in [6.45, 7) is 6.71. The number of nitrogens with zero attached hydrogens (tertiary/aromatic N) is 2. The second-order valence-corrected chi connectivity index (χ2v) is 5.50. The van der Waals surface area contributed by atoms with Crippen molar-refractivity contribution in [3.8, 4) is 0 Å². The van der Waals surface area contributed by atoms with Crippen molar-refractivity contribution >= 4 is 36.5 Å². The molecule has 3 N–H and O–H groups in total. The van der Waals surface area contributed by atoms with Gasteiger partial charge < -0.3 is 20.7 Å². The van der Waals surface area contributed by atoms with E-state index in [2.05, 4.69) is 29.0 Å². The Morgan fingerprint density at radius 1 is 1.35 bits per heavy atom. The molecule has 2 rings (SSSR count). The molecule has 1 aromatic rings. The molecule has 132 valence electrons. The van der Waals surface area contributed by atoms with E-state index in [1.54, 1.807) is 0 Å². The summed E-state index contributed by atoms with van der Waals surface area (Å²) in [7, 11) is 0. The lowest BCUT2D eigenvalue weighted by atomic mass is 10.2. The zero-order chi connectivity index (χ0) is 15.2. The maximum atomic E-state index is 11.4. The number of anilines is 1. The number of hydrogen-bond donors (Lipinski definition) is 2. The van der Waals surface area contributed by atoms with Crippen LogP contribution in [-0.2, 0) is 16.1 Å². The van der Waals surface area contributed by atoms with Gasteiger partial charge in [-0.15, -0.1) is 24.8 Å². The minimum atomic E-state index is -0.0302. The molecule has 0 aliphatic carbocycles. The molecule has 1 fully saturated rings. The fourth-order valence-electron chi connectivity index (χ4n) is 2.49. The number of pyridine rings is 1. The molecular weight excluding hydrogens is 339 g/mol. The van der Waals surface area contributed by atoms with Gasteiger partial charge in [0.15, 0.2) is 0 Å². The Labute approximate surface area is 150 Å². The van der Waals surface area contributed by atoms with E-state index in [9.17, 15) is 4.79 Å². The molecule has 0 radical (unpaired) electrons. The van der Waals surface area contributed by atoms with E-state index in [0.29, 0.717) is 19.5 Å². The standard InChI is InChI=1S/C15H24N4O2.2ClH/c1-11-9-19(10-12(2)21-11)14-4-3-13(7-17-14)8-18-15(20)5-6-16;;/h3-4,7,11-12H,5-6,8-10,16H2,1-2H3,(H,18,20);2*1H. The van der Waals surface area contributed by atoms with Crippen LogP contribution in [0.5, 0.6) is 0 Å². The van der Waals surface area contributed by atoms with Crippen LogP contribution < -0.4 is 16.0 Å². The van der Waals surface area contributed by atoms with Gasteiger partial charge in [-0.3, -0.25) is 4.79 Å². The highest BCUT2D eigenvalue weighted by Crippen LogP contribution is 2.18. The van der Waals surface area contributed by atoms with Gasteiger partial charge in [-0.2, -0.15) is 0 Å². The van der Waals surface area contributed by atoms with Crippen molar-refractivity contribution < 1.29 is 9.53 Å². The fourth-order valence-corrected chi connectivity index (χ4v) is 2.49. The predicted molar refractivity (Wildman–Crippen MR) is 96.5 cm³/mol. The zero-order valence-corrected chi connectivity index (χ0v) is 15.2. The monoisotopic (exact) mass is 364 g/mol. The van der Waals surface area contributed by atoms with Gasteiger partial charge in [0.1, 0.15) is 5.82 Å². The van der Waals surface area contributed by atoms with Crippen molar-refractivity contribution in [2.24, 2.45) is 5.73 Å². The Balaban J connectivity index is 0.00000242. The summed E-state index contributed by atoms with van der Waals surface area (Å²) < 4.78 is 5.72. The summed E-state index contributed by atoms with van der Waals surface area (Å²) in [4.78, 5) is 18.1. The summed E-state index contributed by atoms with van der Waals surface area (Å²) >= 11 is 0. The Bertz CT molecular complexity index is 463. The highest BCUT2D eigenvalue weighted by atomic mass is 35.5. The van der Waals surface area contributed by atoms with Crippen LogP contribution in [0.25, 0.3) is 0 Å². The Kier molecular flexibility index (Phi) is 10.1. The third-order valence-corrected chi connectivity index (χ3v) is 3.41. The summed E-state index contributed by atoms with van der Waals surface area (Å²) in [6, 6.07) is 3.99. The third kappa shape index (κ3) is 6.91. The van der Waals surface area contributed by atoms with E-state index in [1.165, 1.54) is 0 Å². The van der Waals surface area contributed by atoms with Crippen molar-refractivity contribution in [1.82, 2.24) is 10.3 Å². The first-order chi connectivity index (χ1) is 10.1. The Morgan fingerprint density at radius 2 is 2.00 bits per heavy atom. The first-order valence-corrected chi connectivity index (χ1v) is 7.40. The van der Waals surface area contributed by atoms with Crippen molar-refractivity contribution in [2.45, 2.75) is 39.0 Å². The van der Waals surface area contributed by atoms with Crippen LogP contribution in [0.4, 0.5) is 5.82 Å². The van der Waals surface area contributed by atoms with Gasteiger partial charge in [0.2, 0.25) is 5.91 Å². The molecule has 0 saturated carbocycles. The maximum absolute atomic E-state index is 11.4. The Morgan fingerprint density at radius 3 is 2.52 bits per heavy atom. The minimum Gasteiger partial charge on any atom is -0.372 e. The molecule has 1 saturated heterocycles. The number of amides is 1. The number of carbonyl (C=O) groups is 1. The van der Waals surface area contributed by atoms with Gasteiger partial charge in [-0.05, 0) is 25.5 Å². The van der Waals surface area contributed by atoms with Crippen molar-refractivity contribution in [3.05, 3.63) is 23.9 Å². The second kappa shape index (κ2) is 10.6. The van der Waals surface area contributed by atoms with Crippen molar-refractivity contribution in [3.63, 3.8) is 0 Å². The van der Waals surface area contributed by atoms with E-state index in [1.807, 2.05) is 18.3 Å². The molecule has 2 heterocycles. The van der Waals surface area contributed by atoms with Crippen LogP contribution in [0.15, 0.2) is 18.3 Å². The maximum Gasteiger partial charge on any atom is 0.221 e. The molecule has 6 nitrogen and oxygen atoms in total. The first-order valence-electron chi connectivity index (χ1n) is 7.40. The molecular formula is C15H26Cl2N4O2. The van der Waals surface area contributed by atoms with E-state index in [4.69, 9.17) is 10.5 Å². The molecule has 1 aromatic heterocycles. The number of rotatable bonds is 5. The van der Waals surface area contributed by atoms with E-state index in [0.717, 1.165) is 24.5 Å². The van der Waals surface area contributed by atoms with Crippen LogP contribution in [0.2, 0.25) is 0 Å². The summed E-state index contributed by atoms with van der Waals surface area (Å²) in [5, 5.41) is 2.82. The van der Waals surface area contributed by atoms with Crippen molar-refractivity contribution in [1.29, 1.82) is 0 Å². The summed E-state index contributed by atoms with van der Waals surface area (Å²) in [6.07, 6.45) is 2.59. The van der Waals surface area contributed by atoms with Crippen LogP contribution >= 0.6 is 24.8 Å². The summed E-state index contributed by atoms with van der Waals surface area (Å²) in [5.41, 5.74) is 6.32. The number of ether oxygens (including phenoxy) is 1. The van der Waals surface area contributed by atoms with Crippen LogP contribution in [0.3, 0.4) is 0 Å². The SMILES string of the molecule is CC1CN(c2ccc(CNC(=O)CCN)cn2)CC(C)O1.Cl.Cl. The average molecular weight is 365 g/mol. The molecule has 2 unspecified atom stereocenters. The molecule has 0 aromatic carbocycles. The normalized spacial score (nSPS) is 20.2. The lowest BCUT2D eigenvalue weighted by Crippen LogP contribution is -2.45. The topological polar surface area (TPSA) is 80.5 Å². The van der Waals surface area contributed by atoms with Gasteiger partial charge in [0, 0.05) is 38.8 Å². The molecule has 23 heavy (non-hydrogen) atoms. The zero-order valence-electron chi connectivity index (χ0n) is 13.5. The largest absolute Gasteiger partial charge is 0.372 e. The lowest BCUT2D eigenvalue weighted by molar-refractivity contribution is -0.121. The number of carbonyl (C=O) groups excluding carboxylic acids is 1. The number of halogens is 2. The number of nitrogens with one attached hydrogen (secondary N) is 1. The van der Waals surface area contributed by atoms with E-state index >= 15 is 0 Å². The Hall–Kier alpha value is -1.08. The lowest BCUT2D eigenvalue weighted by Gasteiger charge is -2.36. The van der Waals surface area contributed by atoms with Crippen molar-refractivity contribution in [2.75, 3.05) is 24.5 Å². The molecule has 1 aliphatic rings. The predicted octanol–water partition coefficient (Wildman–Crippen LogP) is 1.50. The molecule has 1 aliphatic heterocycles. The van der Waals surface area contributed by atoms with Gasteiger partial charge in [0.25, 0.3) is 0 Å². The highest BCUT2D eigenvalue weighted by molar-refractivity contribution is 5.85. The van der Waals surface area contributed by atoms with Crippen LogP contribution in [0.1, 0.15) is 25.8 Å². The highest BCUT2D eigenvalue weighted by Gasteiger charge is 2.22. The number of morpholine rings is 1. The van der Waals surface area contributed by atoms with Gasteiger partial charge in [-0.1, -0.05) is 6.07 Å². The minimum absolute atomic E-state index is 0. The smallest absolute Gasteiger partial charge is 0.221 e. The van der Waals surface area contributed by atoms with Gasteiger partial charge in [0.05, 0.1) is 12.2 Å². The van der Waals surface area contributed by atoms with E-state index < -0.39 is 0 Å². The van der Waals surface area contributed by atoms with Gasteiger partial charge >= 0.3 is 0 Å².